The molecule has 1 fully saturated rings. The fourth-order valence-corrected chi connectivity index (χ4v) is 4.74. The minimum Gasteiger partial charge on any atom is -0.494 e. The molecule has 0 spiro atoms. The molecular formula is C21H32FNO2. The highest BCUT2D eigenvalue weighted by atomic mass is 19.1. The van der Waals surface area contributed by atoms with Crippen LogP contribution >= 0.6 is 0 Å². The van der Waals surface area contributed by atoms with Crippen LogP contribution in [-0.2, 0) is 6.42 Å². The molecule has 3 rings (SSSR count). The summed E-state index contributed by atoms with van der Waals surface area (Å²) in [5.74, 6) is 1.59. The molecule has 3 atom stereocenters. The van der Waals surface area contributed by atoms with Gasteiger partial charge in [0.05, 0.1) is 18.9 Å². The molecule has 0 saturated carbocycles. The molecule has 140 valence electrons. The summed E-state index contributed by atoms with van der Waals surface area (Å²) in [5.41, 5.74) is 1.71. The maximum absolute atomic E-state index is 13.2. The Kier molecular flexibility index (Phi) is 5.69. The Labute approximate surface area is 151 Å². The van der Waals surface area contributed by atoms with E-state index in [2.05, 4.69) is 30.9 Å². The summed E-state index contributed by atoms with van der Waals surface area (Å²) in [6.07, 6.45) is 2.86. The molecule has 1 N–H and O–H groups in total. The fraction of sp³-hybridized carbons (Fsp3) is 0.714. The van der Waals surface area contributed by atoms with Gasteiger partial charge in [-0.1, -0.05) is 19.9 Å². The second-order valence-electron chi connectivity index (χ2n) is 8.13. The molecule has 2 heterocycles. The molecule has 25 heavy (non-hydrogen) atoms. The smallest absolute Gasteiger partial charge is 0.119 e. The highest BCUT2D eigenvalue weighted by Gasteiger charge is 2.47. The summed E-state index contributed by atoms with van der Waals surface area (Å²) < 4.78 is 18.8. The molecule has 4 heteroatoms. The van der Waals surface area contributed by atoms with Crippen LogP contribution in [0, 0.1) is 11.8 Å². The normalized spacial score (nSPS) is 29.4. The van der Waals surface area contributed by atoms with Crippen LogP contribution in [0.2, 0.25) is 0 Å². The third kappa shape index (κ3) is 3.85. The van der Waals surface area contributed by atoms with Gasteiger partial charge in [-0.05, 0) is 55.4 Å². The zero-order chi connectivity index (χ0) is 18.0. The molecule has 0 aliphatic carbocycles. The minimum atomic E-state index is -0.895. The van der Waals surface area contributed by atoms with E-state index in [-0.39, 0.29) is 18.4 Å². The monoisotopic (exact) mass is 349 g/mol. The van der Waals surface area contributed by atoms with E-state index >= 15 is 0 Å². The van der Waals surface area contributed by atoms with Crippen molar-refractivity contribution in [2.45, 2.75) is 58.1 Å². The van der Waals surface area contributed by atoms with E-state index < -0.39 is 12.3 Å². The number of hydrogen-bond donors (Lipinski definition) is 1. The molecule has 2 aliphatic rings. The molecule has 0 bridgehead atoms. The Morgan fingerprint density at radius 2 is 2.20 bits per heavy atom. The van der Waals surface area contributed by atoms with Gasteiger partial charge >= 0.3 is 0 Å². The van der Waals surface area contributed by atoms with Crippen molar-refractivity contribution in [2.75, 3.05) is 26.4 Å². The lowest BCUT2D eigenvalue weighted by Gasteiger charge is -2.51. The van der Waals surface area contributed by atoms with Gasteiger partial charge in [0.1, 0.15) is 5.75 Å². The topological polar surface area (TPSA) is 32.7 Å². The van der Waals surface area contributed by atoms with Gasteiger partial charge in [0.15, 0.2) is 0 Å². The molecule has 0 aromatic heterocycles. The largest absolute Gasteiger partial charge is 0.494 e. The van der Waals surface area contributed by atoms with E-state index in [4.69, 9.17) is 4.74 Å². The van der Waals surface area contributed by atoms with Crippen LogP contribution in [0.4, 0.5) is 4.39 Å². The number of aliphatic hydroxyl groups is 1. The number of piperidine rings is 1. The van der Waals surface area contributed by atoms with Crippen molar-refractivity contribution < 1.29 is 14.2 Å². The molecule has 2 aliphatic heterocycles. The predicted octanol–water partition coefficient (Wildman–Crippen LogP) is 4.14. The average Bonchev–Trinajstić information content (AvgIpc) is 2.55. The standard InChI is InChI=1S/C21H32FNO2/c1-4-25-18-5-6-19-16(12-18)7-10-23-14-17(11-15(2)3)21(24,8-9-22)13-20(19)23/h5-6,12,15,17,20,24H,4,7-11,13-14H2,1-3H3/t17-,20-,21-/m1/s1/i22+0. The average molecular weight is 349 g/mol. The zero-order valence-corrected chi connectivity index (χ0v) is 15.8. The quantitative estimate of drug-likeness (QED) is 0.838. The summed E-state index contributed by atoms with van der Waals surface area (Å²) in [6.45, 7) is 8.45. The van der Waals surface area contributed by atoms with Gasteiger partial charge < -0.3 is 9.84 Å². The van der Waals surface area contributed by atoms with Crippen molar-refractivity contribution in [1.82, 2.24) is 4.90 Å². The summed E-state index contributed by atoms with van der Waals surface area (Å²) >= 11 is 0. The number of benzene rings is 1. The van der Waals surface area contributed by atoms with E-state index in [1.807, 2.05) is 13.0 Å². The molecule has 0 amide bonds. The van der Waals surface area contributed by atoms with Gasteiger partial charge in [0, 0.05) is 31.5 Å². The highest BCUT2D eigenvalue weighted by Crippen LogP contribution is 2.46. The van der Waals surface area contributed by atoms with Crippen LogP contribution in [-0.4, -0.2) is 42.0 Å². The number of ether oxygens (including phenoxy) is 1. The maximum Gasteiger partial charge on any atom is 0.119 e. The molecule has 1 aromatic carbocycles. The predicted molar refractivity (Wildman–Crippen MR) is 98.7 cm³/mol. The van der Waals surface area contributed by atoms with Gasteiger partial charge in [-0.2, -0.15) is 0 Å². The lowest BCUT2D eigenvalue weighted by atomic mass is 9.70. The van der Waals surface area contributed by atoms with E-state index in [0.29, 0.717) is 18.9 Å². The first-order valence-corrected chi connectivity index (χ1v) is 9.75. The Morgan fingerprint density at radius 3 is 2.88 bits per heavy atom. The van der Waals surface area contributed by atoms with Gasteiger partial charge in [-0.15, -0.1) is 0 Å². The van der Waals surface area contributed by atoms with Gasteiger partial charge in [0.2, 0.25) is 0 Å². The minimum absolute atomic E-state index is 0.156. The number of hydrogen-bond acceptors (Lipinski definition) is 3. The molecule has 1 saturated heterocycles. The molecular weight excluding hydrogens is 317 g/mol. The Hall–Kier alpha value is -1.13. The highest BCUT2D eigenvalue weighted by molar-refractivity contribution is 5.40. The van der Waals surface area contributed by atoms with Crippen molar-refractivity contribution in [3.8, 4) is 5.75 Å². The number of fused-ring (bicyclic) bond motifs is 3. The summed E-state index contributed by atoms with van der Waals surface area (Å²) in [7, 11) is 0. The van der Waals surface area contributed by atoms with Crippen LogP contribution in [0.15, 0.2) is 18.2 Å². The first kappa shape index (κ1) is 18.7. The number of alkyl halides is 1. The Morgan fingerprint density at radius 1 is 1.40 bits per heavy atom. The number of nitrogens with zero attached hydrogens (tertiary/aromatic N) is 1. The van der Waals surface area contributed by atoms with Crippen LogP contribution < -0.4 is 4.74 Å². The second-order valence-corrected chi connectivity index (χ2v) is 8.13. The summed E-state index contributed by atoms with van der Waals surface area (Å²) in [6, 6.07) is 6.51. The van der Waals surface area contributed by atoms with E-state index in [1.165, 1.54) is 11.1 Å². The van der Waals surface area contributed by atoms with E-state index in [9.17, 15) is 9.50 Å². The first-order valence-electron chi connectivity index (χ1n) is 9.75. The van der Waals surface area contributed by atoms with Crippen LogP contribution in [0.5, 0.6) is 5.75 Å². The molecule has 0 radical (unpaired) electrons. The van der Waals surface area contributed by atoms with Crippen LogP contribution in [0.1, 0.15) is 57.2 Å². The second kappa shape index (κ2) is 7.63. The summed E-state index contributed by atoms with van der Waals surface area (Å²) in [4.78, 5) is 2.50. The molecule has 3 nitrogen and oxygen atoms in total. The van der Waals surface area contributed by atoms with Crippen LogP contribution in [0.3, 0.4) is 0 Å². The third-order valence-electron chi connectivity index (χ3n) is 5.94. The maximum atomic E-state index is 13.2. The Bertz CT molecular complexity index is 591. The lowest BCUT2D eigenvalue weighted by molar-refractivity contribution is -0.110. The van der Waals surface area contributed by atoms with Crippen LogP contribution in [0.25, 0.3) is 0 Å². The fourth-order valence-electron chi connectivity index (χ4n) is 4.74. The number of rotatable bonds is 6. The zero-order valence-electron chi connectivity index (χ0n) is 15.8. The van der Waals surface area contributed by atoms with Crippen molar-refractivity contribution in [2.24, 2.45) is 11.8 Å². The van der Waals surface area contributed by atoms with Gasteiger partial charge in [0.25, 0.3) is 0 Å². The van der Waals surface area contributed by atoms with Gasteiger partial charge in [-0.25, -0.2) is 0 Å². The van der Waals surface area contributed by atoms with Crippen molar-refractivity contribution in [1.29, 1.82) is 0 Å². The molecule has 0 unspecified atom stereocenters. The van der Waals surface area contributed by atoms with Crippen molar-refractivity contribution in [3.05, 3.63) is 29.3 Å². The van der Waals surface area contributed by atoms with Crippen molar-refractivity contribution in [3.63, 3.8) is 0 Å². The lowest BCUT2D eigenvalue weighted by Crippen LogP contribution is -2.55. The van der Waals surface area contributed by atoms with E-state index in [1.54, 1.807) is 0 Å². The number of halogens is 1. The first-order chi connectivity index (χ1) is 12.0. The molecule has 1 aromatic rings. The SMILES string of the molecule is CCOc1ccc2c(c1)CCN1C[C@@H](CC(C)C)[C@@](O)(CC[19F])C[C@H]21. The summed E-state index contributed by atoms with van der Waals surface area (Å²) in [5, 5.41) is 11.3. The van der Waals surface area contributed by atoms with Crippen molar-refractivity contribution >= 4 is 0 Å². The van der Waals surface area contributed by atoms with E-state index in [0.717, 1.165) is 31.7 Å². The Balaban J connectivity index is 1.87. The third-order valence-corrected chi connectivity index (χ3v) is 5.94. The van der Waals surface area contributed by atoms with Gasteiger partial charge in [-0.3, -0.25) is 9.29 Å².